The van der Waals surface area contributed by atoms with E-state index in [1.54, 1.807) is 0 Å². The van der Waals surface area contributed by atoms with Gasteiger partial charge in [-0.05, 0) is 50.6 Å². The van der Waals surface area contributed by atoms with E-state index in [0.717, 1.165) is 5.56 Å². The van der Waals surface area contributed by atoms with Gasteiger partial charge in [-0.15, -0.1) is 0 Å². The molecule has 244 valence electrons. The van der Waals surface area contributed by atoms with Crippen LogP contribution in [0.3, 0.4) is 0 Å². The molecule has 0 aliphatic carbocycles. The number of carboxylic acids is 2. The zero-order valence-electron chi connectivity index (χ0n) is 24.3. The van der Waals surface area contributed by atoms with E-state index >= 15 is 0 Å². The van der Waals surface area contributed by atoms with Gasteiger partial charge in [0.05, 0.1) is 19.0 Å². The third kappa shape index (κ3) is 15.5. The minimum Gasteiger partial charge on any atom is -0.481 e. The van der Waals surface area contributed by atoms with Crippen LogP contribution in [0.15, 0.2) is 30.3 Å². The summed E-state index contributed by atoms with van der Waals surface area (Å²) in [6, 6.07) is 4.16. The van der Waals surface area contributed by atoms with Crippen molar-refractivity contribution in [1.29, 1.82) is 5.41 Å². The van der Waals surface area contributed by atoms with Crippen LogP contribution in [0.5, 0.6) is 0 Å². The molecule has 0 bridgehead atoms. The lowest BCUT2D eigenvalue weighted by Crippen LogP contribution is -2.56. The van der Waals surface area contributed by atoms with E-state index in [1.807, 2.05) is 35.6 Å². The van der Waals surface area contributed by atoms with Gasteiger partial charge in [-0.2, -0.15) is 0 Å². The molecule has 0 aromatic heterocycles. The Balaban J connectivity index is 2.96. The molecule has 0 saturated carbocycles. The molecule has 0 heterocycles. The highest BCUT2D eigenvalue weighted by molar-refractivity contribution is 5.94. The Bertz CT molecular complexity index is 1140. The molecule has 17 heteroatoms. The van der Waals surface area contributed by atoms with Crippen molar-refractivity contribution < 1.29 is 39.0 Å². The number of nitrogens with one attached hydrogen (secondary N) is 6. The minimum absolute atomic E-state index is 0.0349. The first kappa shape index (κ1) is 37.3. The van der Waals surface area contributed by atoms with Crippen LogP contribution in [0.4, 0.5) is 0 Å². The number of aliphatic carboxylic acids is 2. The summed E-state index contributed by atoms with van der Waals surface area (Å²) in [5.41, 5.74) is 17.8. The Labute approximate surface area is 254 Å². The zero-order valence-corrected chi connectivity index (χ0v) is 24.3. The molecule has 1 aromatic rings. The molecule has 0 fully saturated rings. The number of carbonyl (C=O) groups is 6. The first-order valence-corrected chi connectivity index (χ1v) is 14.0. The molecule has 0 unspecified atom stereocenters. The second-order valence-corrected chi connectivity index (χ2v) is 9.96. The molecule has 1 rings (SSSR count). The number of hydrogen-bond donors (Lipinski definition) is 11. The van der Waals surface area contributed by atoms with Crippen molar-refractivity contribution in [2.45, 2.75) is 69.1 Å². The van der Waals surface area contributed by atoms with Gasteiger partial charge in [0.25, 0.3) is 0 Å². The monoisotopic (exact) mass is 621 g/mol. The Kier molecular flexibility index (Phi) is 17.1. The van der Waals surface area contributed by atoms with Crippen molar-refractivity contribution >= 4 is 41.5 Å². The van der Waals surface area contributed by atoms with Crippen LogP contribution in [0.1, 0.15) is 44.1 Å². The number of benzene rings is 1. The maximum Gasteiger partial charge on any atom is 0.326 e. The summed E-state index contributed by atoms with van der Waals surface area (Å²) < 4.78 is 0. The fourth-order valence-corrected chi connectivity index (χ4v) is 3.98. The molecule has 4 amide bonds. The van der Waals surface area contributed by atoms with Crippen LogP contribution in [0.25, 0.3) is 0 Å². The first-order chi connectivity index (χ1) is 20.8. The standard InChI is InChI=1S/C27H43N9O8/c28-11-5-4-9-19(35-23(40)17(29)13-16-7-2-1-3-8-16)25(42)36-18(10-6-12-32-27(30)31)24(41)33-15-21(37)34-20(26(43)44)14-22(38)39/h1-3,7-8,17-20H,4-6,9-15,28-29H2,(H,33,41)(H,34,37)(H,35,40)(H,36,42)(H,38,39)(H,43,44)(H4,30,31,32)/t17-,18+,19+,20+/m1/s1. The summed E-state index contributed by atoms with van der Waals surface area (Å²) in [7, 11) is 0. The first-order valence-electron chi connectivity index (χ1n) is 14.0. The van der Waals surface area contributed by atoms with Gasteiger partial charge < -0.3 is 54.0 Å². The van der Waals surface area contributed by atoms with Gasteiger partial charge in [0.2, 0.25) is 23.6 Å². The van der Waals surface area contributed by atoms with Crippen molar-refractivity contribution in [2.75, 3.05) is 19.6 Å². The van der Waals surface area contributed by atoms with E-state index in [4.69, 9.17) is 32.8 Å². The normalized spacial score (nSPS) is 13.3. The van der Waals surface area contributed by atoms with Gasteiger partial charge in [0.15, 0.2) is 5.96 Å². The third-order valence-corrected chi connectivity index (χ3v) is 6.27. The molecule has 0 aliphatic rings. The average Bonchev–Trinajstić information content (AvgIpc) is 2.96. The Hall–Kier alpha value is -4.77. The van der Waals surface area contributed by atoms with E-state index in [0.29, 0.717) is 19.4 Å². The van der Waals surface area contributed by atoms with Crippen LogP contribution in [0.2, 0.25) is 0 Å². The van der Waals surface area contributed by atoms with Crippen molar-refractivity contribution in [3.05, 3.63) is 35.9 Å². The lowest BCUT2D eigenvalue weighted by molar-refractivity contribution is -0.147. The molecule has 0 aliphatic heterocycles. The van der Waals surface area contributed by atoms with Gasteiger partial charge in [-0.1, -0.05) is 30.3 Å². The van der Waals surface area contributed by atoms with E-state index in [-0.39, 0.29) is 38.2 Å². The summed E-state index contributed by atoms with van der Waals surface area (Å²) in [4.78, 5) is 73.5. The van der Waals surface area contributed by atoms with E-state index in [2.05, 4.69) is 21.3 Å². The molecular weight excluding hydrogens is 578 g/mol. The number of amides is 4. The molecule has 17 nitrogen and oxygen atoms in total. The Morgan fingerprint density at radius 1 is 0.795 bits per heavy atom. The van der Waals surface area contributed by atoms with E-state index < -0.39 is 72.7 Å². The molecule has 0 spiro atoms. The predicted octanol–water partition coefficient (Wildman–Crippen LogP) is -2.92. The van der Waals surface area contributed by atoms with Crippen LogP contribution in [-0.4, -0.2) is 95.5 Å². The lowest BCUT2D eigenvalue weighted by atomic mass is 10.0. The van der Waals surface area contributed by atoms with E-state index in [9.17, 15) is 28.8 Å². The smallest absolute Gasteiger partial charge is 0.326 e. The van der Waals surface area contributed by atoms with Gasteiger partial charge in [-0.25, -0.2) is 4.79 Å². The summed E-state index contributed by atoms with van der Waals surface area (Å²) in [6.45, 7) is -0.150. The summed E-state index contributed by atoms with van der Waals surface area (Å²) in [6.07, 6.45) is 0.922. The number of rotatable bonds is 21. The van der Waals surface area contributed by atoms with Crippen LogP contribution in [-0.2, 0) is 35.2 Å². The molecule has 14 N–H and O–H groups in total. The fourth-order valence-electron chi connectivity index (χ4n) is 3.98. The van der Waals surface area contributed by atoms with Crippen LogP contribution >= 0.6 is 0 Å². The topological polar surface area (TPSA) is 305 Å². The maximum atomic E-state index is 13.3. The number of unbranched alkanes of at least 4 members (excludes halogenated alkanes) is 1. The third-order valence-electron chi connectivity index (χ3n) is 6.27. The number of carbonyl (C=O) groups excluding carboxylic acids is 4. The predicted molar refractivity (Wildman–Crippen MR) is 159 cm³/mol. The summed E-state index contributed by atoms with van der Waals surface area (Å²) in [5, 5.41) is 37.3. The molecule has 0 saturated heterocycles. The van der Waals surface area contributed by atoms with Crippen molar-refractivity contribution in [2.24, 2.45) is 17.2 Å². The molecule has 1 aromatic carbocycles. The number of nitrogens with two attached hydrogens (primary N) is 3. The SMILES string of the molecule is N=C(N)NCCC[C@H](NC(=O)[C@H](CCCCN)NC(=O)[C@H](N)Cc1ccccc1)C(=O)NCC(=O)N[C@@H](CC(=O)O)C(=O)O. The fraction of sp³-hybridized carbons (Fsp3) is 0.519. The second-order valence-electron chi connectivity index (χ2n) is 9.96. The van der Waals surface area contributed by atoms with Crippen LogP contribution in [0, 0.1) is 5.41 Å². The van der Waals surface area contributed by atoms with Crippen molar-refractivity contribution in [3.63, 3.8) is 0 Å². The summed E-state index contributed by atoms with van der Waals surface area (Å²) in [5.74, 6) is -6.32. The van der Waals surface area contributed by atoms with Crippen LogP contribution < -0.4 is 43.8 Å². The van der Waals surface area contributed by atoms with Crippen molar-refractivity contribution in [3.8, 4) is 0 Å². The molecule has 4 atom stereocenters. The quantitative estimate of drug-likeness (QED) is 0.0374. The van der Waals surface area contributed by atoms with Gasteiger partial charge in [-0.3, -0.25) is 29.4 Å². The number of guanidine groups is 1. The highest BCUT2D eigenvalue weighted by Crippen LogP contribution is 2.07. The number of hydrogen-bond acceptors (Lipinski definition) is 9. The number of carboxylic acid groups (broad SMARTS) is 2. The average molecular weight is 622 g/mol. The highest BCUT2D eigenvalue weighted by Gasteiger charge is 2.29. The minimum atomic E-state index is -1.71. The van der Waals surface area contributed by atoms with Crippen molar-refractivity contribution in [1.82, 2.24) is 26.6 Å². The highest BCUT2D eigenvalue weighted by atomic mass is 16.4. The van der Waals surface area contributed by atoms with Gasteiger partial charge >= 0.3 is 11.9 Å². The second kappa shape index (κ2) is 20.2. The zero-order chi connectivity index (χ0) is 33.1. The molecule has 0 radical (unpaired) electrons. The molecule has 44 heavy (non-hydrogen) atoms. The largest absolute Gasteiger partial charge is 0.481 e. The van der Waals surface area contributed by atoms with Gasteiger partial charge in [0, 0.05) is 6.54 Å². The Morgan fingerprint density at radius 2 is 1.41 bits per heavy atom. The maximum absolute atomic E-state index is 13.3. The van der Waals surface area contributed by atoms with Gasteiger partial charge in [0.1, 0.15) is 18.1 Å². The summed E-state index contributed by atoms with van der Waals surface area (Å²) >= 11 is 0. The van der Waals surface area contributed by atoms with E-state index in [1.165, 1.54) is 0 Å². The Morgan fingerprint density at radius 3 is 2.00 bits per heavy atom. The molecular formula is C27H43N9O8. The lowest BCUT2D eigenvalue weighted by Gasteiger charge is -2.24.